The fourth-order valence-corrected chi connectivity index (χ4v) is 1.52. The van der Waals surface area contributed by atoms with Crippen molar-refractivity contribution in [1.82, 2.24) is 9.62 Å². The summed E-state index contributed by atoms with van der Waals surface area (Å²) in [6.07, 6.45) is -0.0174. The van der Waals surface area contributed by atoms with Crippen molar-refractivity contribution in [3.8, 4) is 0 Å². The smallest absolute Gasteiger partial charge is 0.246 e. The first-order valence-corrected chi connectivity index (χ1v) is 6.65. The molecule has 0 aliphatic carbocycles. The van der Waals surface area contributed by atoms with Gasteiger partial charge in [-0.05, 0) is 13.8 Å². The van der Waals surface area contributed by atoms with Gasteiger partial charge < -0.3 is 10.1 Å². The lowest BCUT2D eigenvalue weighted by atomic mass is 10.5. The Balaban J connectivity index is 3.79. The molecular formula is C9H20N2O4S. The van der Waals surface area contributed by atoms with Crippen molar-refractivity contribution in [1.29, 1.82) is 0 Å². The first kappa shape index (κ1) is 15.3. The van der Waals surface area contributed by atoms with Crippen molar-refractivity contribution in [3.63, 3.8) is 0 Å². The molecule has 16 heavy (non-hydrogen) atoms. The van der Waals surface area contributed by atoms with E-state index < -0.39 is 10.0 Å². The number of ether oxygens (including phenoxy) is 1. The summed E-state index contributed by atoms with van der Waals surface area (Å²) in [4.78, 5) is 11.2. The van der Waals surface area contributed by atoms with Crippen LogP contribution in [0.4, 0.5) is 0 Å². The molecule has 0 aliphatic rings. The van der Waals surface area contributed by atoms with Gasteiger partial charge in [0.2, 0.25) is 15.9 Å². The highest BCUT2D eigenvalue weighted by molar-refractivity contribution is 7.89. The molecule has 0 unspecified atom stereocenters. The summed E-state index contributed by atoms with van der Waals surface area (Å²) in [5.41, 5.74) is 0. The second kappa shape index (κ2) is 6.82. The van der Waals surface area contributed by atoms with Gasteiger partial charge in [-0.15, -0.1) is 0 Å². The van der Waals surface area contributed by atoms with E-state index in [1.807, 2.05) is 13.8 Å². The normalized spacial score (nSPS) is 12.1. The monoisotopic (exact) mass is 252 g/mol. The van der Waals surface area contributed by atoms with Crippen LogP contribution < -0.4 is 5.32 Å². The lowest BCUT2D eigenvalue weighted by Crippen LogP contribution is -2.35. The summed E-state index contributed by atoms with van der Waals surface area (Å²) >= 11 is 0. The molecule has 0 aromatic carbocycles. The van der Waals surface area contributed by atoms with Gasteiger partial charge in [-0.1, -0.05) is 0 Å². The molecular weight excluding hydrogens is 232 g/mol. The fraction of sp³-hybridized carbons (Fsp3) is 0.889. The second-order valence-corrected chi connectivity index (χ2v) is 6.11. The molecule has 1 N–H and O–H groups in total. The first-order valence-electron chi connectivity index (χ1n) is 5.04. The maximum atomic E-state index is 11.3. The molecule has 0 fully saturated rings. The Morgan fingerprint density at radius 2 is 1.94 bits per heavy atom. The van der Waals surface area contributed by atoms with Gasteiger partial charge in [0.05, 0.1) is 11.9 Å². The SMILES string of the molecule is CC(C)OCC(=O)NCCS(=O)(=O)N(C)C. The number of rotatable bonds is 7. The zero-order valence-electron chi connectivity index (χ0n) is 10.2. The Morgan fingerprint density at radius 3 is 2.38 bits per heavy atom. The molecule has 6 nitrogen and oxygen atoms in total. The summed E-state index contributed by atoms with van der Waals surface area (Å²) in [6.45, 7) is 3.70. The van der Waals surface area contributed by atoms with Crippen LogP contribution in [-0.2, 0) is 19.6 Å². The van der Waals surface area contributed by atoms with E-state index in [0.29, 0.717) is 0 Å². The standard InChI is InChI=1S/C9H20N2O4S/c1-8(2)15-7-9(12)10-5-6-16(13,14)11(3)4/h8H,5-7H2,1-4H3,(H,10,12). The zero-order chi connectivity index (χ0) is 12.8. The molecule has 7 heteroatoms. The van der Waals surface area contributed by atoms with Crippen LogP contribution in [0.5, 0.6) is 0 Å². The van der Waals surface area contributed by atoms with Gasteiger partial charge >= 0.3 is 0 Å². The van der Waals surface area contributed by atoms with E-state index in [9.17, 15) is 13.2 Å². The Hall–Kier alpha value is -0.660. The molecule has 0 saturated carbocycles. The van der Waals surface area contributed by atoms with Crippen LogP contribution in [0.1, 0.15) is 13.8 Å². The van der Waals surface area contributed by atoms with Crippen molar-refractivity contribution in [3.05, 3.63) is 0 Å². The molecule has 1 amide bonds. The largest absolute Gasteiger partial charge is 0.369 e. The molecule has 0 aliphatic heterocycles. The van der Waals surface area contributed by atoms with Gasteiger partial charge in [0.1, 0.15) is 6.61 Å². The number of carbonyl (C=O) groups excluding carboxylic acids is 1. The van der Waals surface area contributed by atoms with E-state index >= 15 is 0 Å². The van der Waals surface area contributed by atoms with Gasteiger partial charge in [0, 0.05) is 20.6 Å². The van der Waals surface area contributed by atoms with Crippen LogP contribution in [0.25, 0.3) is 0 Å². The average molecular weight is 252 g/mol. The number of amides is 1. The average Bonchev–Trinajstić information content (AvgIpc) is 2.14. The molecule has 0 rings (SSSR count). The summed E-state index contributed by atoms with van der Waals surface area (Å²) < 4.78 is 28.8. The molecule has 0 atom stereocenters. The van der Waals surface area contributed by atoms with Crippen molar-refractivity contribution >= 4 is 15.9 Å². The van der Waals surface area contributed by atoms with Gasteiger partial charge in [-0.3, -0.25) is 4.79 Å². The predicted molar refractivity (Wildman–Crippen MR) is 61.6 cm³/mol. The molecule has 0 radical (unpaired) electrons. The minimum Gasteiger partial charge on any atom is -0.369 e. The van der Waals surface area contributed by atoms with Gasteiger partial charge in [0.15, 0.2) is 0 Å². The van der Waals surface area contributed by atoms with E-state index in [1.165, 1.54) is 14.1 Å². The third-order valence-electron chi connectivity index (χ3n) is 1.79. The molecule has 0 heterocycles. The second-order valence-electron chi connectivity index (χ2n) is 3.81. The fourth-order valence-electron chi connectivity index (χ4n) is 0.795. The lowest BCUT2D eigenvalue weighted by molar-refractivity contribution is -0.126. The number of hydrogen-bond acceptors (Lipinski definition) is 4. The maximum absolute atomic E-state index is 11.3. The van der Waals surface area contributed by atoms with E-state index in [4.69, 9.17) is 4.74 Å². The summed E-state index contributed by atoms with van der Waals surface area (Å²) in [7, 11) is -0.333. The minimum absolute atomic E-state index is 0.0174. The topological polar surface area (TPSA) is 75.7 Å². The van der Waals surface area contributed by atoms with Crippen LogP contribution in [0, 0.1) is 0 Å². The van der Waals surface area contributed by atoms with Crippen molar-refractivity contribution < 1.29 is 17.9 Å². The summed E-state index contributed by atoms with van der Waals surface area (Å²) in [6, 6.07) is 0. The van der Waals surface area contributed by atoms with Crippen LogP contribution in [0.15, 0.2) is 0 Å². The molecule has 0 bridgehead atoms. The molecule has 0 aromatic rings. The number of hydrogen-bond donors (Lipinski definition) is 1. The van der Waals surface area contributed by atoms with Gasteiger partial charge in [-0.2, -0.15) is 0 Å². The number of nitrogens with zero attached hydrogens (tertiary/aromatic N) is 1. The third-order valence-corrected chi connectivity index (χ3v) is 3.62. The van der Waals surface area contributed by atoms with Crippen LogP contribution >= 0.6 is 0 Å². The third kappa shape index (κ3) is 6.76. The molecule has 96 valence electrons. The minimum atomic E-state index is -3.25. The lowest BCUT2D eigenvalue weighted by Gasteiger charge is -2.12. The van der Waals surface area contributed by atoms with Crippen LogP contribution in [-0.4, -0.2) is 57.7 Å². The maximum Gasteiger partial charge on any atom is 0.246 e. The van der Waals surface area contributed by atoms with Crippen molar-refractivity contribution in [2.45, 2.75) is 20.0 Å². The quantitative estimate of drug-likeness (QED) is 0.657. The molecule has 0 saturated heterocycles. The Morgan fingerprint density at radius 1 is 1.38 bits per heavy atom. The number of sulfonamides is 1. The van der Waals surface area contributed by atoms with E-state index in [1.54, 1.807) is 0 Å². The van der Waals surface area contributed by atoms with E-state index in [2.05, 4.69) is 5.32 Å². The van der Waals surface area contributed by atoms with Crippen LogP contribution in [0.2, 0.25) is 0 Å². The predicted octanol–water partition coefficient (Wildman–Crippen LogP) is -0.581. The van der Waals surface area contributed by atoms with Gasteiger partial charge in [0.25, 0.3) is 0 Å². The molecule has 0 aromatic heterocycles. The van der Waals surface area contributed by atoms with E-state index in [0.717, 1.165) is 4.31 Å². The Bertz CT molecular complexity index is 311. The van der Waals surface area contributed by atoms with Gasteiger partial charge in [-0.25, -0.2) is 12.7 Å². The Kier molecular flexibility index (Phi) is 6.54. The highest BCUT2D eigenvalue weighted by Crippen LogP contribution is 1.92. The zero-order valence-corrected chi connectivity index (χ0v) is 11.0. The summed E-state index contributed by atoms with van der Waals surface area (Å²) in [5, 5.41) is 2.48. The summed E-state index contributed by atoms with van der Waals surface area (Å²) in [5.74, 6) is -0.407. The number of nitrogens with one attached hydrogen (secondary N) is 1. The van der Waals surface area contributed by atoms with Crippen LogP contribution in [0.3, 0.4) is 0 Å². The van der Waals surface area contributed by atoms with E-state index in [-0.39, 0.29) is 30.9 Å². The van der Waals surface area contributed by atoms with Crippen molar-refractivity contribution in [2.75, 3.05) is 33.0 Å². The Labute approximate surface area is 97.0 Å². The first-order chi connectivity index (χ1) is 7.25. The number of carbonyl (C=O) groups is 1. The highest BCUT2D eigenvalue weighted by Gasteiger charge is 2.13. The molecule has 0 spiro atoms. The highest BCUT2D eigenvalue weighted by atomic mass is 32.2. The van der Waals surface area contributed by atoms with Crippen molar-refractivity contribution in [2.24, 2.45) is 0 Å².